The van der Waals surface area contributed by atoms with Gasteiger partial charge in [0.25, 0.3) is 0 Å². The van der Waals surface area contributed by atoms with Crippen molar-refractivity contribution in [3.63, 3.8) is 0 Å². The van der Waals surface area contributed by atoms with Crippen LogP contribution < -0.4 is 10.4 Å². The summed E-state index contributed by atoms with van der Waals surface area (Å²) in [6.45, 7) is 5.53. The van der Waals surface area contributed by atoms with Crippen molar-refractivity contribution in [3.8, 4) is 0 Å². The van der Waals surface area contributed by atoms with Crippen LogP contribution in [0.15, 0.2) is 24.3 Å². The number of H-pyrrole nitrogens is 1. The van der Waals surface area contributed by atoms with E-state index in [9.17, 15) is 18.4 Å². The van der Waals surface area contributed by atoms with Gasteiger partial charge in [-0.15, -0.1) is 0 Å². The smallest absolute Gasteiger partial charge is 0.201 e. The Hall–Kier alpha value is -2.86. The number of rotatable bonds is 6. The molecule has 1 unspecified atom stereocenters. The fraction of sp³-hybridized carbons (Fsp3) is 0.333. The van der Waals surface area contributed by atoms with Gasteiger partial charge in [-0.1, -0.05) is 11.6 Å². The van der Waals surface area contributed by atoms with Crippen molar-refractivity contribution in [2.45, 2.75) is 13.0 Å². The molecule has 0 aliphatic carbocycles. The van der Waals surface area contributed by atoms with Crippen LogP contribution in [-0.2, 0) is 4.74 Å². The number of ether oxygens (including phenoxy) is 1. The maximum Gasteiger partial charge on any atom is 0.201 e. The summed E-state index contributed by atoms with van der Waals surface area (Å²) in [4.78, 5) is 9.20. The minimum Gasteiger partial charge on any atom is -0.379 e. The number of aromatic amines is 1. The molecule has 1 aliphatic heterocycles. The van der Waals surface area contributed by atoms with E-state index >= 15 is 0 Å². The van der Waals surface area contributed by atoms with Crippen molar-refractivity contribution in [1.82, 2.24) is 14.9 Å². The van der Waals surface area contributed by atoms with Gasteiger partial charge in [-0.05, 0) is 31.2 Å². The predicted octanol–water partition coefficient (Wildman–Crippen LogP) is 3.99. The number of hydrogen-bond acceptors (Lipinski definition) is 6. The third kappa shape index (κ3) is 4.91. The van der Waals surface area contributed by atoms with Gasteiger partial charge < -0.3 is 15.0 Å². The zero-order chi connectivity index (χ0) is 23.7. The first-order valence-electron chi connectivity index (χ1n) is 10.2. The number of aromatic nitrogens is 2. The molecular formula is C21H22ClF3N6O2. The van der Waals surface area contributed by atoms with Crippen LogP contribution in [0.3, 0.4) is 0 Å². The molecule has 0 radical (unpaired) electrons. The molecule has 0 amide bonds. The topological polar surface area (TPSA) is 100 Å². The highest BCUT2D eigenvalue weighted by atomic mass is 35.5. The van der Waals surface area contributed by atoms with Crippen LogP contribution in [0, 0.1) is 22.9 Å². The minimum absolute atomic E-state index is 0.0206. The van der Waals surface area contributed by atoms with Gasteiger partial charge >= 0.3 is 0 Å². The molecule has 1 atom stereocenters. The largest absolute Gasteiger partial charge is 0.379 e. The summed E-state index contributed by atoms with van der Waals surface area (Å²) in [7, 11) is 0. The summed E-state index contributed by atoms with van der Waals surface area (Å²) in [5, 5.41) is 22.0. The summed E-state index contributed by atoms with van der Waals surface area (Å²) < 4.78 is 47.5. The molecular weight excluding hydrogens is 461 g/mol. The summed E-state index contributed by atoms with van der Waals surface area (Å²) >= 11 is 5.74. The second kappa shape index (κ2) is 9.56. The second-order valence-corrected chi connectivity index (χ2v) is 8.15. The number of hydrogen-bond donors (Lipinski definition) is 4. The summed E-state index contributed by atoms with van der Waals surface area (Å²) in [5.41, 5.74) is -0.469. The van der Waals surface area contributed by atoms with Crippen molar-refractivity contribution >= 4 is 40.1 Å². The molecule has 0 spiro atoms. The van der Waals surface area contributed by atoms with Crippen LogP contribution in [0.1, 0.15) is 12.5 Å². The molecule has 0 saturated carbocycles. The Kier molecular flexibility index (Phi) is 6.75. The number of morpholine rings is 1. The Morgan fingerprint density at radius 3 is 2.73 bits per heavy atom. The second-order valence-electron chi connectivity index (χ2n) is 7.75. The van der Waals surface area contributed by atoms with E-state index in [1.54, 1.807) is 0 Å². The van der Waals surface area contributed by atoms with Crippen molar-refractivity contribution < 1.29 is 23.1 Å². The molecule has 1 saturated heterocycles. The molecule has 12 heteroatoms. The average Bonchev–Trinajstić information content (AvgIpc) is 3.21. The number of nitrogens with one attached hydrogen (secondary N) is 3. The molecule has 33 heavy (non-hydrogen) atoms. The van der Waals surface area contributed by atoms with Crippen LogP contribution in [0.4, 0.5) is 24.8 Å². The lowest BCUT2D eigenvalue weighted by molar-refractivity contribution is 0.0368. The third-order valence-corrected chi connectivity index (χ3v) is 5.59. The fourth-order valence-electron chi connectivity index (χ4n) is 3.67. The Labute approximate surface area is 192 Å². The van der Waals surface area contributed by atoms with E-state index in [0.717, 1.165) is 31.3 Å². The molecule has 4 rings (SSSR count). The predicted molar refractivity (Wildman–Crippen MR) is 119 cm³/mol. The highest BCUT2D eigenvalue weighted by Gasteiger charge is 2.23. The molecule has 1 aliphatic rings. The van der Waals surface area contributed by atoms with E-state index in [1.165, 1.54) is 6.07 Å². The van der Waals surface area contributed by atoms with Crippen LogP contribution in [-0.4, -0.2) is 64.8 Å². The Bertz CT molecular complexity index is 1180. The van der Waals surface area contributed by atoms with Gasteiger partial charge in [0.15, 0.2) is 17.5 Å². The zero-order valence-corrected chi connectivity index (χ0v) is 18.4. The lowest BCUT2D eigenvalue weighted by atomic mass is 10.1. The van der Waals surface area contributed by atoms with Gasteiger partial charge in [-0.25, -0.2) is 23.2 Å². The van der Waals surface area contributed by atoms with E-state index in [4.69, 9.17) is 21.7 Å². The molecule has 8 nitrogen and oxygen atoms in total. The highest BCUT2D eigenvalue weighted by Crippen LogP contribution is 2.28. The first-order valence-corrected chi connectivity index (χ1v) is 10.6. The number of benzene rings is 2. The van der Waals surface area contributed by atoms with E-state index in [0.29, 0.717) is 24.8 Å². The molecule has 2 heterocycles. The Morgan fingerprint density at radius 2 is 2.03 bits per heavy atom. The first kappa shape index (κ1) is 23.3. The molecule has 0 bridgehead atoms. The third-order valence-electron chi connectivity index (χ3n) is 5.30. The Balaban J connectivity index is 1.61. The van der Waals surface area contributed by atoms with Gasteiger partial charge in [0.1, 0.15) is 11.3 Å². The molecule has 176 valence electrons. The molecule has 1 aromatic heterocycles. The number of anilines is 2. The van der Waals surface area contributed by atoms with E-state index in [-0.39, 0.29) is 39.3 Å². The quantitative estimate of drug-likeness (QED) is 0.241. The van der Waals surface area contributed by atoms with Crippen molar-refractivity contribution in [1.29, 1.82) is 5.41 Å². The maximum atomic E-state index is 14.5. The van der Waals surface area contributed by atoms with E-state index < -0.39 is 23.3 Å². The average molecular weight is 483 g/mol. The highest BCUT2D eigenvalue weighted by molar-refractivity contribution is 6.31. The van der Waals surface area contributed by atoms with Crippen LogP contribution in [0.2, 0.25) is 5.02 Å². The molecule has 3 aromatic rings. The van der Waals surface area contributed by atoms with Gasteiger partial charge in [0.2, 0.25) is 5.95 Å². The number of amidine groups is 1. The summed E-state index contributed by atoms with van der Waals surface area (Å²) in [5.74, 6) is -3.50. The van der Waals surface area contributed by atoms with Crippen LogP contribution >= 0.6 is 11.6 Å². The van der Waals surface area contributed by atoms with Crippen LogP contribution in [0.25, 0.3) is 11.0 Å². The lowest BCUT2D eigenvalue weighted by Crippen LogP contribution is -2.42. The molecule has 1 fully saturated rings. The van der Waals surface area contributed by atoms with Crippen LogP contribution in [0.5, 0.6) is 0 Å². The maximum absolute atomic E-state index is 14.5. The Morgan fingerprint density at radius 1 is 1.30 bits per heavy atom. The lowest BCUT2D eigenvalue weighted by Gasteiger charge is -2.29. The number of halogens is 4. The van der Waals surface area contributed by atoms with Crippen molar-refractivity contribution in [2.24, 2.45) is 0 Å². The van der Waals surface area contributed by atoms with Gasteiger partial charge in [0.05, 0.1) is 29.4 Å². The number of imidazole rings is 1. The molecule has 2 aromatic carbocycles. The van der Waals surface area contributed by atoms with Crippen molar-refractivity contribution in [2.75, 3.05) is 43.2 Å². The SMILES string of the molecule is CC(CN1CCOCC1)Nc1nc2c(F)c(F)cc(C(=N)N(O)c3ccc(F)c(Cl)c3)c2[nH]1. The molecule has 4 N–H and O–H groups in total. The van der Waals surface area contributed by atoms with Gasteiger partial charge in [-0.2, -0.15) is 0 Å². The number of fused-ring (bicyclic) bond motifs is 1. The van der Waals surface area contributed by atoms with E-state index in [1.807, 2.05) is 6.92 Å². The van der Waals surface area contributed by atoms with Gasteiger partial charge in [0, 0.05) is 31.2 Å². The van der Waals surface area contributed by atoms with E-state index in [2.05, 4.69) is 20.2 Å². The summed E-state index contributed by atoms with van der Waals surface area (Å²) in [6, 6.07) is 4.03. The summed E-state index contributed by atoms with van der Waals surface area (Å²) in [6.07, 6.45) is 0. The monoisotopic (exact) mass is 482 g/mol. The normalized spacial score (nSPS) is 15.6. The first-order chi connectivity index (χ1) is 15.7. The number of nitrogens with zero attached hydrogens (tertiary/aromatic N) is 3. The fourth-order valence-corrected chi connectivity index (χ4v) is 3.84. The standard InChI is InChI=1S/C21H22ClF3N6O2/c1-11(10-30-4-6-33-7-5-30)27-21-28-18-13(9-16(24)17(25)19(18)29-21)20(26)31(32)12-2-3-15(23)14(22)8-12/h2-3,8-9,11,26,32H,4-7,10H2,1H3,(H2,27,28,29). The zero-order valence-electron chi connectivity index (χ0n) is 17.6. The van der Waals surface area contributed by atoms with Gasteiger partial charge in [-0.3, -0.25) is 15.5 Å². The van der Waals surface area contributed by atoms with Crippen molar-refractivity contribution in [3.05, 3.63) is 52.3 Å². The minimum atomic E-state index is -1.23. The number of hydroxylamine groups is 1.